The van der Waals surface area contributed by atoms with E-state index in [1.807, 2.05) is 0 Å². The second-order valence-corrected chi connectivity index (χ2v) is 8.76. The van der Waals surface area contributed by atoms with Crippen molar-refractivity contribution in [2.75, 3.05) is 19.6 Å². The highest BCUT2D eigenvalue weighted by atomic mass is 32.2. The van der Waals surface area contributed by atoms with Crippen molar-refractivity contribution in [3.05, 3.63) is 65.7 Å². The number of ketones is 1. The highest BCUT2D eigenvalue weighted by molar-refractivity contribution is 7.92. The lowest BCUT2D eigenvalue weighted by molar-refractivity contribution is 0.0833. The van der Waals surface area contributed by atoms with Gasteiger partial charge in [-0.1, -0.05) is 0 Å². The number of piperidine rings is 1. The lowest BCUT2D eigenvalue weighted by Crippen LogP contribution is -2.47. The van der Waals surface area contributed by atoms with Crippen LogP contribution in [0.2, 0.25) is 0 Å². The Morgan fingerprint density at radius 1 is 0.926 bits per heavy atom. The number of hydrogen-bond acceptors (Lipinski definition) is 4. The summed E-state index contributed by atoms with van der Waals surface area (Å²) in [6.07, 6.45) is -0.577. The van der Waals surface area contributed by atoms with Gasteiger partial charge in [0.1, 0.15) is 11.6 Å². The molecule has 1 fully saturated rings. The van der Waals surface area contributed by atoms with E-state index in [9.17, 15) is 22.0 Å². The number of halogens is 3. The molecule has 0 aromatic heterocycles. The van der Waals surface area contributed by atoms with Crippen molar-refractivity contribution in [2.24, 2.45) is 0 Å². The minimum absolute atomic E-state index is 0.00168. The average Bonchev–Trinajstić information content (AvgIpc) is 2.64. The van der Waals surface area contributed by atoms with Gasteiger partial charge in [-0.25, -0.2) is 21.6 Å². The molecule has 0 spiro atoms. The van der Waals surface area contributed by atoms with E-state index in [1.165, 1.54) is 24.3 Å². The number of Topliss-reactive ketones (excluding diaryl/α,β-unsaturated/α-hetero) is 1. The van der Waals surface area contributed by atoms with E-state index in [1.54, 1.807) is 4.90 Å². The molecule has 0 N–H and O–H groups in total. The number of carbonyl (C=O) groups excluding carboxylic acids is 1. The molecular weight excluding hydrogens is 379 g/mol. The van der Waals surface area contributed by atoms with Gasteiger partial charge in [-0.2, -0.15) is 0 Å². The molecule has 144 valence electrons. The van der Waals surface area contributed by atoms with Gasteiger partial charge in [0, 0.05) is 31.5 Å². The summed E-state index contributed by atoms with van der Waals surface area (Å²) in [6, 6.07) is 9.18. The molecule has 27 heavy (non-hydrogen) atoms. The molecule has 0 amide bonds. The first kappa shape index (κ1) is 19.6. The van der Waals surface area contributed by atoms with Crippen LogP contribution in [0.1, 0.15) is 23.2 Å². The molecule has 0 saturated carbocycles. The van der Waals surface area contributed by atoms with Crippen LogP contribution in [0.5, 0.6) is 0 Å². The fourth-order valence-electron chi connectivity index (χ4n) is 3.07. The molecule has 1 saturated heterocycles. The highest BCUT2D eigenvalue weighted by Crippen LogP contribution is 2.36. The van der Waals surface area contributed by atoms with Gasteiger partial charge in [-0.05, 0) is 48.5 Å². The first-order chi connectivity index (χ1) is 12.7. The van der Waals surface area contributed by atoms with E-state index >= 15 is 4.39 Å². The molecule has 2 aromatic carbocycles. The Kier molecular flexibility index (Phi) is 5.39. The summed E-state index contributed by atoms with van der Waals surface area (Å²) < 4.78 is 66.3. The van der Waals surface area contributed by atoms with E-state index in [-0.39, 0.29) is 43.2 Å². The standard InChI is InChI=1S/C19H18F3NO3S/c20-15-3-1-14(2-4-15)18(24)13-23-11-9-19(22,10-12-23)27(25,26)17-7-5-16(21)6-8-17/h1-8H,9-13H2. The van der Waals surface area contributed by atoms with E-state index in [2.05, 4.69) is 0 Å². The summed E-state index contributed by atoms with van der Waals surface area (Å²) in [5.74, 6) is -1.29. The predicted octanol–water partition coefficient (Wildman–Crippen LogP) is 3.38. The Morgan fingerprint density at radius 3 is 1.93 bits per heavy atom. The summed E-state index contributed by atoms with van der Waals surface area (Å²) in [4.78, 5) is 13.6. The second kappa shape index (κ2) is 7.44. The van der Waals surface area contributed by atoms with Gasteiger partial charge in [-0.15, -0.1) is 0 Å². The number of benzene rings is 2. The maximum atomic E-state index is 15.2. The number of alkyl halides is 1. The third kappa shape index (κ3) is 4.06. The van der Waals surface area contributed by atoms with Gasteiger partial charge in [0.2, 0.25) is 14.8 Å². The Morgan fingerprint density at radius 2 is 1.41 bits per heavy atom. The quantitative estimate of drug-likeness (QED) is 0.573. The molecule has 4 nitrogen and oxygen atoms in total. The van der Waals surface area contributed by atoms with Crippen LogP contribution in [-0.2, 0) is 9.84 Å². The minimum Gasteiger partial charge on any atom is -0.295 e. The Hall–Kier alpha value is -2.19. The Labute approximate surface area is 155 Å². The zero-order chi connectivity index (χ0) is 19.7. The molecule has 1 aliphatic heterocycles. The van der Waals surface area contributed by atoms with Crippen molar-refractivity contribution in [1.29, 1.82) is 0 Å². The summed E-state index contributed by atoms with van der Waals surface area (Å²) in [6.45, 7) is 0.173. The lowest BCUT2D eigenvalue weighted by Gasteiger charge is -2.35. The fraction of sp³-hybridized carbons (Fsp3) is 0.316. The van der Waals surface area contributed by atoms with Gasteiger partial charge >= 0.3 is 0 Å². The number of hydrogen-bond donors (Lipinski definition) is 0. The predicted molar refractivity (Wildman–Crippen MR) is 93.8 cm³/mol. The highest BCUT2D eigenvalue weighted by Gasteiger charge is 2.47. The molecule has 1 heterocycles. The number of carbonyl (C=O) groups is 1. The number of rotatable bonds is 5. The van der Waals surface area contributed by atoms with Gasteiger partial charge in [-0.3, -0.25) is 9.69 Å². The third-order valence-corrected chi connectivity index (χ3v) is 7.01. The molecule has 0 unspecified atom stereocenters. The van der Waals surface area contributed by atoms with Crippen molar-refractivity contribution < 1.29 is 26.4 Å². The largest absolute Gasteiger partial charge is 0.295 e. The molecule has 2 aromatic rings. The van der Waals surface area contributed by atoms with Crippen molar-refractivity contribution in [2.45, 2.75) is 22.7 Å². The topological polar surface area (TPSA) is 54.5 Å². The summed E-state index contributed by atoms with van der Waals surface area (Å²) >= 11 is 0. The maximum Gasteiger partial charge on any atom is 0.217 e. The van der Waals surface area contributed by atoms with Crippen molar-refractivity contribution in [3.63, 3.8) is 0 Å². The molecule has 3 rings (SSSR count). The van der Waals surface area contributed by atoms with E-state index < -0.39 is 26.5 Å². The molecule has 0 aliphatic carbocycles. The Bertz CT molecular complexity index is 920. The molecule has 1 aliphatic rings. The molecule has 0 bridgehead atoms. The molecule has 8 heteroatoms. The summed E-state index contributed by atoms with van der Waals surface area (Å²) in [5.41, 5.74) is 0.340. The average molecular weight is 397 g/mol. The number of likely N-dealkylation sites (tertiary alicyclic amines) is 1. The summed E-state index contributed by atoms with van der Waals surface area (Å²) in [7, 11) is -4.27. The lowest BCUT2D eigenvalue weighted by atomic mass is 10.1. The minimum atomic E-state index is -4.27. The maximum absolute atomic E-state index is 15.2. The summed E-state index contributed by atoms with van der Waals surface area (Å²) in [5, 5.41) is -2.46. The normalized spacial score (nSPS) is 17.6. The number of nitrogens with zero attached hydrogens (tertiary/aromatic N) is 1. The van der Waals surface area contributed by atoms with Crippen LogP contribution in [-0.4, -0.2) is 43.7 Å². The van der Waals surface area contributed by atoms with Crippen molar-refractivity contribution >= 4 is 15.6 Å². The van der Waals surface area contributed by atoms with Crippen LogP contribution in [0.15, 0.2) is 53.4 Å². The van der Waals surface area contributed by atoms with Gasteiger partial charge in [0.25, 0.3) is 0 Å². The molecular formula is C19H18F3NO3S. The zero-order valence-corrected chi connectivity index (χ0v) is 15.2. The first-order valence-corrected chi connectivity index (χ1v) is 9.90. The SMILES string of the molecule is O=C(CN1CCC(F)(S(=O)(=O)c2ccc(F)cc2)CC1)c1ccc(F)cc1. The van der Waals surface area contributed by atoms with Crippen LogP contribution in [0, 0.1) is 11.6 Å². The van der Waals surface area contributed by atoms with E-state index in [4.69, 9.17) is 0 Å². The third-order valence-electron chi connectivity index (χ3n) is 4.74. The number of sulfone groups is 1. The van der Waals surface area contributed by atoms with Crippen molar-refractivity contribution in [3.8, 4) is 0 Å². The van der Waals surface area contributed by atoms with Gasteiger partial charge in [0.05, 0.1) is 11.4 Å². The van der Waals surface area contributed by atoms with E-state index in [0.29, 0.717) is 5.56 Å². The zero-order valence-electron chi connectivity index (χ0n) is 14.4. The van der Waals surface area contributed by atoms with Crippen LogP contribution >= 0.6 is 0 Å². The molecule has 0 radical (unpaired) electrons. The molecule has 0 atom stereocenters. The van der Waals surface area contributed by atoms with Crippen LogP contribution in [0.3, 0.4) is 0 Å². The van der Waals surface area contributed by atoms with Crippen molar-refractivity contribution in [1.82, 2.24) is 4.90 Å². The van der Waals surface area contributed by atoms with Crippen LogP contribution in [0.4, 0.5) is 13.2 Å². The fourth-order valence-corrected chi connectivity index (χ4v) is 4.71. The van der Waals surface area contributed by atoms with E-state index in [0.717, 1.165) is 24.3 Å². The smallest absolute Gasteiger partial charge is 0.217 e. The van der Waals surface area contributed by atoms with Gasteiger partial charge < -0.3 is 0 Å². The Balaban J connectivity index is 1.66. The van der Waals surface area contributed by atoms with Gasteiger partial charge in [0.15, 0.2) is 5.78 Å². The first-order valence-electron chi connectivity index (χ1n) is 8.41. The van der Waals surface area contributed by atoms with Crippen LogP contribution in [0.25, 0.3) is 0 Å². The van der Waals surface area contributed by atoms with Crippen LogP contribution < -0.4 is 0 Å². The monoisotopic (exact) mass is 397 g/mol. The second-order valence-electron chi connectivity index (χ2n) is 6.55.